The van der Waals surface area contributed by atoms with Crippen LogP contribution in [-0.2, 0) is 13.6 Å². The minimum atomic E-state index is 0.571. The second-order valence-electron chi connectivity index (χ2n) is 5.75. The number of aryl methyl sites for hydroxylation is 2. The summed E-state index contributed by atoms with van der Waals surface area (Å²) in [5, 5.41) is 4.51. The summed E-state index contributed by atoms with van der Waals surface area (Å²) in [7, 11) is 4.21. The average molecular weight is 250 g/mol. The molecule has 1 aliphatic rings. The van der Waals surface area contributed by atoms with E-state index in [2.05, 4.69) is 24.0 Å². The van der Waals surface area contributed by atoms with E-state index in [1.165, 1.54) is 37.1 Å². The first-order chi connectivity index (χ1) is 8.54. The molecule has 2 atom stereocenters. The maximum absolute atomic E-state index is 5.88. The van der Waals surface area contributed by atoms with Crippen molar-refractivity contribution in [2.24, 2.45) is 18.7 Å². The minimum Gasteiger partial charge on any atom is -0.357 e. The van der Waals surface area contributed by atoms with Gasteiger partial charge in [0.25, 0.3) is 0 Å². The van der Waals surface area contributed by atoms with Gasteiger partial charge in [0.15, 0.2) is 0 Å². The van der Waals surface area contributed by atoms with Crippen molar-refractivity contribution in [2.45, 2.75) is 52.1 Å². The average Bonchev–Trinajstić information content (AvgIpc) is 2.62. The van der Waals surface area contributed by atoms with Crippen molar-refractivity contribution in [2.75, 3.05) is 11.9 Å². The minimum absolute atomic E-state index is 0.571. The summed E-state index contributed by atoms with van der Waals surface area (Å²) in [6.45, 7) is 4.98. The van der Waals surface area contributed by atoms with Crippen molar-refractivity contribution in [1.29, 1.82) is 0 Å². The Labute approximate surface area is 110 Å². The fourth-order valence-corrected chi connectivity index (χ4v) is 3.30. The van der Waals surface area contributed by atoms with Gasteiger partial charge in [0, 0.05) is 32.2 Å². The molecule has 1 heterocycles. The lowest BCUT2D eigenvalue weighted by molar-refractivity contribution is 0.334. The number of aromatic nitrogens is 2. The van der Waals surface area contributed by atoms with E-state index >= 15 is 0 Å². The summed E-state index contributed by atoms with van der Waals surface area (Å²) in [5.41, 5.74) is 8.13. The molecule has 0 amide bonds. The largest absolute Gasteiger partial charge is 0.357 e. The van der Waals surface area contributed by atoms with Crippen LogP contribution >= 0.6 is 0 Å². The maximum atomic E-state index is 5.88. The summed E-state index contributed by atoms with van der Waals surface area (Å²) in [5.74, 6) is 2.04. The number of nitrogens with two attached hydrogens (primary N) is 1. The van der Waals surface area contributed by atoms with Gasteiger partial charge in [0.2, 0.25) is 0 Å². The third-order valence-corrected chi connectivity index (χ3v) is 4.31. The normalized spacial score (nSPS) is 24.3. The van der Waals surface area contributed by atoms with Crippen LogP contribution in [0.5, 0.6) is 0 Å². The van der Waals surface area contributed by atoms with Gasteiger partial charge in [-0.3, -0.25) is 4.68 Å². The van der Waals surface area contributed by atoms with Crippen LogP contribution in [0.4, 0.5) is 5.82 Å². The molecule has 0 saturated heterocycles. The number of nitrogens with zero attached hydrogens (tertiary/aromatic N) is 3. The van der Waals surface area contributed by atoms with E-state index in [0.29, 0.717) is 12.6 Å². The first kappa shape index (κ1) is 13.4. The van der Waals surface area contributed by atoms with Crippen LogP contribution in [0.15, 0.2) is 0 Å². The van der Waals surface area contributed by atoms with Crippen LogP contribution in [-0.4, -0.2) is 22.9 Å². The zero-order chi connectivity index (χ0) is 13.3. The van der Waals surface area contributed by atoms with Crippen LogP contribution in [0, 0.1) is 12.8 Å². The molecule has 102 valence electrons. The fraction of sp³-hybridized carbons (Fsp3) is 0.786. The Morgan fingerprint density at radius 2 is 2.17 bits per heavy atom. The SMILES string of the molecule is Cc1nn(C)c(N(C)C2CCCC(C)C2)c1CN. The molecular formula is C14H26N4. The smallest absolute Gasteiger partial charge is 0.131 e. The van der Waals surface area contributed by atoms with E-state index in [9.17, 15) is 0 Å². The van der Waals surface area contributed by atoms with Crippen LogP contribution in [0.1, 0.15) is 43.9 Å². The molecule has 1 aliphatic carbocycles. The predicted molar refractivity (Wildman–Crippen MR) is 75.7 cm³/mol. The summed E-state index contributed by atoms with van der Waals surface area (Å²) in [6, 6.07) is 0.633. The Morgan fingerprint density at radius 3 is 2.78 bits per heavy atom. The Balaban J connectivity index is 2.24. The maximum Gasteiger partial charge on any atom is 0.131 e. The summed E-state index contributed by atoms with van der Waals surface area (Å²) < 4.78 is 1.98. The molecule has 0 radical (unpaired) electrons. The van der Waals surface area contributed by atoms with Crippen molar-refractivity contribution < 1.29 is 0 Å². The fourth-order valence-electron chi connectivity index (χ4n) is 3.30. The molecule has 1 aromatic heterocycles. The van der Waals surface area contributed by atoms with Gasteiger partial charge in [-0.15, -0.1) is 0 Å². The third-order valence-electron chi connectivity index (χ3n) is 4.31. The van der Waals surface area contributed by atoms with Gasteiger partial charge in [-0.1, -0.05) is 19.8 Å². The molecule has 1 saturated carbocycles. The highest BCUT2D eigenvalue weighted by molar-refractivity contribution is 5.50. The lowest BCUT2D eigenvalue weighted by atomic mass is 9.86. The van der Waals surface area contributed by atoms with Crippen LogP contribution in [0.2, 0.25) is 0 Å². The van der Waals surface area contributed by atoms with Gasteiger partial charge in [0.05, 0.1) is 5.69 Å². The molecule has 0 aromatic carbocycles. The molecule has 2 rings (SSSR count). The molecule has 1 aromatic rings. The van der Waals surface area contributed by atoms with E-state index in [-0.39, 0.29) is 0 Å². The molecule has 18 heavy (non-hydrogen) atoms. The van der Waals surface area contributed by atoms with Crippen LogP contribution < -0.4 is 10.6 Å². The molecule has 0 aliphatic heterocycles. The number of hydrogen-bond donors (Lipinski definition) is 1. The van der Waals surface area contributed by atoms with E-state index in [1.54, 1.807) is 0 Å². The van der Waals surface area contributed by atoms with Gasteiger partial charge in [0.1, 0.15) is 5.82 Å². The molecule has 4 nitrogen and oxygen atoms in total. The molecule has 0 spiro atoms. The highest BCUT2D eigenvalue weighted by atomic mass is 15.4. The molecule has 4 heteroatoms. The van der Waals surface area contributed by atoms with Crippen molar-refractivity contribution in [3.8, 4) is 0 Å². The zero-order valence-corrected chi connectivity index (χ0v) is 12.1. The van der Waals surface area contributed by atoms with Crippen LogP contribution in [0.3, 0.4) is 0 Å². The molecule has 0 bridgehead atoms. The van der Waals surface area contributed by atoms with Gasteiger partial charge >= 0.3 is 0 Å². The van der Waals surface area contributed by atoms with Gasteiger partial charge in [-0.25, -0.2) is 0 Å². The van der Waals surface area contributed by atoms with E-state index in [4.69, 9.17) is 5.73 Å². The van der Waals surface area contributed by atoms with Crippen molar-refractivity contribution in [3.05, 3.63) is 11.3 Å². The molecule has 2 unspecified atom stereocenters. The van der Waals surface area contributed by atoms with E-state index < -0.39 is 0 Å². The monoisotopic (exact) mass is 250 g/mol. The lowest BCUT2D eigenvalue weighted by Crippen LogP contribution is -2.37. The van der Waals surface area contributed by atoms with Crippen LogP contribution in [0.25, 0.3) is 0 Å². The Bertz CT molecular complexity index is 410. The summed E-state index contributed by atoms with van der Waals surface area (Å²) >= 11 is 0. The second-order valence-corrected chi connectivity index (χ2v) is 5.75. The Hall–Kier alpha value is -1.03. The van der Waals surface area contributed by atoms with Crippen molar-refractivity contribution >= 4 is 5.82 Å². The highest BCUT2D eigenvalue weighted by Gasteiger charge is 2.26. The molecule has 1 fully saturated rings. The van der Waals surface area contributed by atoms with E-state index in [0.717, 1.165) is 11.6 Å². The van der Waals surface area contributed by atoms with Crippen molar-refractivity contribution in [1.82, 2.24) is 9.78 Å². The second kappa shape index (κ2) is 5.31. The Kier molecular flexibility index (Phi) is 3.95. The molecular weight excluding hydrogens is 224 g/mol. The topological polar surface area (TPSA) is 47.1 Å². The molecule has 2 N–H and O–H groups in total. The quantitative estimate of drug-likeness (QED) is 0.894. The van der Waals surface area contributed by atoms with Gasteiger partial charge in [-0.05, 0) is 25.7 Å². The number of rotatable bonds is 3. The van der Waals surface area contributed by atoms with Crippen molar-refractivity contribution in [3.63, 3.8) is 0 Å². The third kappa shape index (κ3) is 2.39. The number of hydrogen-bond acceptors (Lipinski definition) is 3. The first-order valence-corrected chi connectivity index (χ1v) is 7.00. The lowest BCUT2D eigenvalue weighted by Gasteiger charge is -2.35. The highest BCUT2D eigenvalue weighted by Crippen LogP contribution is 2.31. The van der Waals surface area contributed by atoms with Gasteiger partial charge < -0.3 is 10.6 Å². The predicted octanol–water partition coefficient (Wildman–Crippen LogP) is 2.20. The first-order valence-electron chi connectivity index (χ1n) is 7.00. The summed E-state index contributed by atoms with van der Waals surface area (Å²) in [4.78, 5) is 2.40. The number of anilines is 1. The van der Waals surface area contributed by atoms with E-state index in [1.807, 2.05) is 18.7 Å². The zero-order valence-electron chi connectivity index (χ0n) is 12.1. The van der Waals surface area contributed by atoms with Gasteiger partial charge in [-0.2, -0.15) is 5.10 Å². The standard InChI is InChI=1S/C14H26N4/c1-10-6-5-7-12(8-10)17(3)14-13(9-15)11(2)16-18(14)4/h10,12H,5-9,15H2,1-4H3. The summed E-state index contributed by atoms with van der Waals surface area (Å²) in [6.07, 6.45) is 5.28. The Morgan fingerprint density at radius 1 is 1.44 bits per heavy atom.